The molecule has 1 heterocycles. The van der Waals surface area contributed by atoms with E-state index in [1.54, 1.807) is 18.4 Å². The van der Waals surface area contributed by atoms with Crippen LogP contribution in [-0.4, -0.2) is 19.6 Å². The van der Waals surface area contributed by atoms with Crippen molar-refractivity contribution in [1.29, 1.82) is 0 Å². The number of amides is 1. The van der Waals surface area contributed by atoms with Gasteiger partial charge in [-0.1, -0.05) is 101 Å². The van der Waals surface area contributed by atoms with E-state index in [9.17, 15) is 4.79 Å². The number of ether oxygens (including phenoxy) is 2. The Morgan fingerprint density at radius 1 is 0.875 bits per heavy atom. The second-order valence-electron chi connectivity index (χ2n) is 10.4. The number of hydrogen-bond acceptors (Lipinski definition) is 4. The summed E-state index contributed by atoms with van der Waals surface area (Å²) in [6.07, 6.45) is 17.9. The zero-order chi connectivity index (χ0) is 27.7. The van der Waals surface area contributed by atoms with Crippen LogP contribution in [0.4, 0.5) is 5.69 Å². The zero-order valence-electron chi connectivity index (χ0n) is 24.6. The number of halogens is 1. The van der Waals surface area contributed by atoms with Gasteiger partial charge in [0.05, 0.1) is 24.3 Å². The molecule has 2 aromatic carbocycles. The first-order valence-corrected chi connectivity index (χ1v) is 15.6. The molecule has 0 aliphatic rings. The van der Waals surface area contributed by atoms with Crippen molar-refractivity contribution in [2.24, 2.45) is 0 Å². The van der Waals surface area contributed by atoms with Crippen LogP contribution in [-0.2, 0) is 6.54 Å². The van der Waals surface area contributed by atoms with Gasteiger partial charge in [-0.05, 0) is 37.6 Å². The Bertz CT molecular complexity index is 1120. The first-order valence-electron chi connectivity index (χ1n) is 14.7. The molecule has 0 saturated carbocycles. The lowest BCUT2D eigenvalue weighted by Gasteiger charge is -2.14. The van der Waals surface area contributed by atoms with Crippen LogP contribution in [0, 0.1) is 6.92 Å². The summed E-state index contributed by atoms with van der Waals surface area (Å²) < 4.78 is 13.6. The standard InChI is InChI=1S/C33H46N2O3S.BrH/c1-4-5-6-7-8-9-10-11-12-13-14-15-22-38-32-23-30(37-3)20-21-31(32)34-33(36)29-18-16-28(17-19-29)25-35-24-27(2)39-26-35;/h16-21,23-24,26H,4-15,22,25H2,1-3H3;1H. The topological polar surface area (TPSA) is 51.4 Å². The van der Waals surface area contributed by atoms with Crippen LogP contribution in [0.3, 0.4) is 0 Å². The molecule has 1 amide bonds. The average Bonchev–Trinajstić information content (AvgIpc) is 3.36. The molecular weight excluding hydrogens is 584 g/mol. The Morgan fingerprint density at radius 3 is 2.08 bits per heavy atom. The molecule has 3 aromatic rings. The number of nitrogens with one attached hydrogen (secondary N) is 1. The summed E-state index contributed by atoms with van der Waals surface area (Å²) in [7, 11) is 1.64. The highest BCUT2D eigenvalue weighted by Gasteiger charge is 2.13. The number of carbonyl (C=O) groups excluding carboxylic acids is 1. The molecule has 1 aromatic heterocycles. The van der Waals surface area contributed by atoms with Gasteiger partial charge in [0.25, 0.3) is 5.91 Å². The van der Waals surface area contributed by atoms with Gasteiger partial charge in [0.15, 0.2) is 12.7 Å². The number of hydrogen-bond donors (Lipinski definition) is 1. The first kappa shape index (κ1) is 33.8. The molecule has 0 saturated heterocycles. The largest absolute Gasteiger partial charge is 1.00 e. The highest BCUT2D eigenvalue weighted by atomic mass is 79.9. The molecule has 7 heteroatoms. The van der Waals surface area contributed by atoms with Gasteiger partial charge in [-0.25, -0.2) is 0 Å². The van der Waals surface area contributed by atoms with Crippen LogP contribution in [0.1, 0.15) is 105 Å². The average molecular weight is 632 g/mol. The van der Waals surface area contributed by atoms with E-state index in [1.165, 1.54) is 69.1 Å². The van der Waals surface area contributed by atoms with Gasteiger partial charge in [0.1, 0.15) is 11.5 Å². The van der Waals surface area contributed by atoms with E-state index in [2.05, 4.69) is 35.4 Å². The van der Waals surface area contributed by atoms with Gasteiger partial charge >= 0.3 is 0 Å². The van der Waals surface area contributed by atoms with Gasteiger partial charge in [-0.2, -0.15) is 4.57 Å². The molecular formula is C33H47BrN2O3S. The van der Waals surface area contributed by atoms with Gasteiger partial charge < -0.3 is 31.8 Å². The number of methoxy groups -OCH3 is 1. The van der Waals surface area contributed by atoms with Crippen molar-refractivity contribution in [3.63, 3.8) is 0 Å². The Balaban J connectivity index is 0.00000560. The molecule has 0 bridgehead atoms. The number of rotatable bonds is 19. The molecule has 0 fully saturated rings. The van der Waals surface area contributed by atoms with Crippen molar-refractivity contribution in [2.45, 2.75) is 97.4 Å². The number of aromatic nitrogens is 1. The minimum Gasteiger partial charge on any atom is -1.00 e. The lowest BCUT2D eigenvalue weighted by molar-refractivity contribution is -0.683. The Labute approximate surface area is 256 Å². The van der Waals surface area contributed by atoms with Crippen LogP contribution in [0.25, 0.3) is 0 Å². The van der Waals surface area contributed by atoms with E-state index in [0.717, 1.165) is 24.9 Å². The summed E-state index contributed by atoms with van der Waals surface area (Å²) >= 11 is 1.73. The van der Waals surface area contributed by atoms with Crippen LogP contribution in [0.2, 0.25) is 0 Å². The van der Waals surface area contributed by atoms with Crippen LogP contribution in [0.15, 0.2) is 54.2 Å². The minimum atomic E-state index is -0.152. The third-order valence-electron chi connectivity index (χ3n) is 7.00. The maximum absolute atomic E-state index is 13.0. The molecule has 0 unspecified atom stereocenters. The van der Waals surface area contributed by atoms with E-state index in [0.29, 0.717) is 29.4 Å². The van der Waals surface area contributed by atoms with E-state index >= 15 is 0 Å². The van der Waals surface area contributed by atoms with Crippen molar-refractivity contribution in [2.75, 3.05) is 19.0 Å². The van der Waals surface area contributed by atoms with Crippen molar-refractivity contribution >= 4 is 22.9 Å². The van der Waals surface area contributed by atoms with Crippen molar-refractivity contribution in [3.8, 4) is 11.5 Å². The molecule has 0 spiro atoms. The number of aryl methyl sites for hydroxylation is 1. The quantitative estimate of drug-likeness (QED) is 0.136. The predicted molar refractivity (Wildman–Crippen MR) is 162 cm³/mol. The highest BCUT2D eigenvalue weighted by molar-refractivity contribution is 7.09. The fraction of sp³-hybridized carbons (Fsp3) is 0.515. The summed E-state index contributed by atoms with van der Waals surface area (Å²) in [5.41, 5.74) is 4.55. The fourth-order valence-corrected chi connectivity index (χ4v) is 5.31. The summed E-state index contributed by atoms with van der Waals surface area (Å²) in [5, 5.41) is 3.02. The van der Waals surface area contributed by atoms with Gasteiger partial charge in [-0.15, -0.1) is 0 Å². The predicted octanol–water partition coefficient (Wildman–Crippen LogP) is 5.74. The monoisotopic (exact) mass is 630 g/mol. The molecule has 0 aliphatic carbocycles. The molecule has 3 rings (SSSR count). The van der Waals surface area contributed by atoms with Crippen LogP contribution < -0.4 is 36.3 Å². The maximum Gasteiger partial charge on any atom is 0.255 e. The highest BCUT2D eigenvalue weighted by Crippen LogP contribution is 2.30. The van der Waals surface area contributed by atoms with Crippen molar-refractivity contribution < 1.29 is 35.8 Å². The van der Waals surface area contributed by atoms with Crippen molar-refractivity contribution in [1.82, 2.24) is 0 Å². The summed E-state index contributed by atoms with van der Waals surface area (Å²) in [5.74, 6) is 1.20. The molecule has 0 atom stereocenters. The molecule has 40 heavy (non-hydrogen) atoms. The lowest BCUT2D eigenvalue weighted by atomic mass is 10.1. The van der Waals surface area contributed by atoms with Crippen LogP contribution >= 0.6 is 11.3 Å². The van der Waals surface area contributed by atoms with Crippen molar-refractivity contribution in [3.05, 3.63) is 70.2 Å². The van der Waals surface area contributed by atoms with E-state index in [1.807, 2.05) is 42.5 Å². The maximum atomic E-state index is 13.0. The Hall–Kier alpha value is -2.38. The number of unbranched alkanes of at least 4 members (excludes halogenated alkanes) is 11. The third-order valence-corrected chi connectivity index (χ3v) is 7.85. The Kier molecular flexibility index (Phi) is 16.6. The number of benzene rings is 2. The van der Waals surface area contributed by atoms with Gasteiger partial charge in [-0.3, -0.25) is 4.79 Å². The molecule has 0 aliphatic heterocycles. The number of nitrogens with zero attached hydrogens (tertiary/aromatic N) is 1. The van der Waals surface area contributed by atoms with E-state index in [4.69, 9.17) is 9.47 Å². The molecule has 0 radical (unpaired) electrons. The van der Waals surface area contributed by atoms with Gasteiger partial charge in [0.2, 0.25) is 5.51 Å². The van der Waals surface area contributed by atoms with E-state index in [-0.39, 0.29) is 22.9 Å². The number of carbonyl (C=O) groups is 1. The lowest BCUT2D eigenvalue weighted by Crippen LogP contribution is -3.00. The normalized spacial score (nSPS) is 10.7. The van der Waals surface area contributed by atoms with Gasteiger partial charge in [0, 0.05) is 17.2 Å². The number of thiazole rings is 1. The molecule has 220 valence electrons. The summed E-state index contributed by atoms with van der Waals surface area (Å²) in [6.45, 7) is 5.79. The smallest absolute Gasteiger partial charge is 0.255 e. The molecule has 1 N–H and O–H groups in total. The first-order chi connectivity index (χ1) is 19.1. The Morgan fingerprint density at radius 2 is 1.50 bits per heavy atom. The summed E-state index contributed by atoms with van der Waals surface area (Å²) in [6, 6.07) is 13.3. The fourth-order valence-electron chi connectivity index (χ4n) is 4.67. The van der Waals surface area contributed by atoms with Crippen LogP contribution in [0.5, 0.6) is 11.5 Å². The number of anilines is 1. The minimum absolute atomic E-state index is 0. The summed E-state index contributed by atoms with van der Waals surface area (Å²) in [4.78, 5) is 14.3. The second-order valence-corrected chi connectivity index (χ2v) is 11.5. The SMILES string of the molecule is CCCCCCCCCCCCCCOc1cc(OC)ccc1NC(=O)c1ccc(C[n+]2csc(C)c2)cc1.[Br-]. The zero-order valence-corrected chi connectivity index (χ0v) is 27.0. The van der Waals surface area contributed by atoms with E-state index < -0.39 is 0 Å². The molecule has 5 nitrogen and oxygen atoms in total. The second kappa shape index (κ2) is 19.7. The third kappa shape index (κ3) is 12.4.